The largest absolute Gasteiger partial charge is 0.378 e. The van der Waals surface area contributed by atoms with Gasteiger partial charge in [0, 0.05) is 13.1 Å². The van der Waals surface area contributed by atoms with Crippen LogP contribution in [0, 0.1) is 5.82 Å². The summed E-state index contributed by atoms with van der Waals surface area (Å²) in [6.45, 7) is 2.20. The van der Waals surface area contributed by atoms with Crippen LogP contribution in [-0.2, 0) is 14.3 Å². The fourth-order valence-corrected chi connectivity index (χ4v) is 4.18. The first-order valence-corrected chi connectivity index (χ1v) is 11.2. The van der Waals surface area contributed by atoms with Gasteiger partial charge in [0.05, 0.1) is 30.3 Å². The SMILES string of the molecule is O=C1C(=Cc2ccc(N3CCOCC3)c(F)c2)C(=O)N(c2ccccc2)C(=O)N1c1ccccc1. The van der Waals surface area contributed by atoms with E-state index in [1.807, 2.05) is 4.90 Å². The van der Waals surface area contributed by atoms with E-state index in [9.17, 15) is 18.8 Å². The van der Waals surface area contributed by atoms with E-state index in [2.05, 4.69) is 0 Å². The molecule has 8 heteroatoms. The van der Waals surface area contributed by atoms with Gasteiger partial charge in [-0.2, -0.15) is 0 Å². The molecule has 3 aromatic rings. The maximum atomic E-state index is 15.0. The zero-order chi connectivity index (χ0) is 24.4. The minimum Gasteiger partial charge on any atom is -0.378 e. The highest BCUT2D eigenvalue weighted by atomic mass is 19.1. The number of imide groups is 2. The van der Waals surface area contributed by atoms with Crippen molar-refractivity contribution in [1.82, 2.24) is 0 Å². The number of ether oxygens (including phenoxy) is 1. The summed E-state index contributed by atoms with van der Waals surface area (Å²) in [5.41, 5.74) is 1.19. The molecule has 176 valence electrons. The molecule has 0 saturated carbocycles. The van der Waals surface area contributed by atoms with Crippen LogP contribution in [0.1, 0.15) is 5.56 Å². The molecule has 0 aromatic heterocycles. The molecule has 2 heterocycles. The Bertz CT molecular complexity index is 1240. The number of benzene rings is 3. The molecule has 0 aliphatic carbocycles. The lowest BCUT2D eigenvalue weighted by atomic mass is 10.0. The van der Waals surface area contributed by atoms with E-state index in [1.54, 1.807) is 72.8 Å². The van der Waals surface area contributed by atoms with Gasteiger partial charge in [0.1, 0.15) is 11.4 Å². The zero-order valence-corrected chi connectivity index (χ0v) is 18.8. The van der Waals surface area contributed by atoms with Crippen molar-refractivity contribution in [2.75, 3.05) is 41.0 Å². The summed E-state index contributed by atoms with van der Waals surface area (Å²) in [7, 11) is 0. The average Bonchev–Trinajstić information content (AvgIpc) is 2.88. The maximum absolute atomic E-state index is 15.0. The quantitative estimate of drug-likeness (QED) is 0.420. The van der Waals surface area contributed by atoms with Crippen LogP contribution in [0.25, 0.3) is 6.08 Å². The van der Waals surface area contributed by atoms with E-state index in [0.29, 0.717) is 48.9 Å². The fraction of sp³-hybridized carbons (Fsp3) is 0.148. The smallest absolute Gasteiger partial charge is 0.343 e. The number of urea groups is 1. The van der Waals surface area contributed by atoms with Crippen molar-refractivity contribution in [2.45, 2.75) is 0 Å². The van der Waals surface area contributed by atoms with Crippen molar-refractivity contribution < 1.29 is 23.5 Å². The lowest BCUT2D eigenvalue weighted by Crippen LogP contribution is -2.57. The number of nitrogens with zero attached hydrogens (tertiary/aromatic N) is 3. The number of amides is 4. The number of halogens is 1. The van der Waals surface area contributed by atoms with Crippen LogP contribution < -0.4 is 14.7 Å². The Morgan fingerprint density at radius 2 is 1.29 bits per heavy atom. The predicted octanol–water partition coefficient (Wildman–Crippen LogP) is 4.25. The van der Waals surface area contributed by atoms with Gasteiger partial charge in [0.2, 0.25) is 0 Å². The number of anilines is 3. The number of carbonyl (C=O) groups excluding carboxylic acids is 3. The lowest BCUT2D eigenvalue weighted by Gasteiger charge is -2.34. The Kier molecular flexibility index (Phi) is 6.12. The second-order valence-corrected chi connectivity index (χ2v) is 8.10. The first-order valence-electron chi connectivity index (χ1n) is 11.2. The van der Waals surface area contributed by atoms with Crippen molar-refractivity contribution in [1.29, 1.82) is 0 Å². The molecule has 2 aliphatic heterocycles. The summed E-state index contributed by atoms with van der Waals surface area (Å²) >= 11 is 0. The van der Waals surface area contributed by atoms with Crippen LogP contribution in [0.4, 0.5) is 26.2 Å². The summed E-state index contributed by atoms with van der Waals surface area (Å²) in [4.78, 5) is 43.9. The average molecular weight is 471 g/mol. The summed E-state index contributed by atoms with van der Waals surface area (Å²) in [6, 6.07) is 20.6. The molecule has 2 fully saturated rings. The van der Waals surface area contributed by atoms with Gasteiger partial charge < -0.3 is 9.64 Å². The third-order valence-electron chi connectivity index (χ3n) is 5.91. The number of hydrogen-bond donors (Lipinski definition) is 0. The maximum Gasteiger partial charge on any atom is 0.343 e. The molecule has 35 heavy (non-hydrogen) atoms. The highest BCUT2D eigenvalue weighted by Gasteiger charge is 2.43. The van der Waals surface area contributed by atoms with Gasteiger partial charge in [-0.25, -0.2) is 19.0 Å². The molecule has 2 aliphatic rings. The Morgan fingerprint density at radius 3 is 1.80 bits per heavy atom. The second kappa shape index (κ2) is 9.52. The number of barbiturate groups is 1. The molecule has 7 nitrogen and oxygen atoms in total. The standard InChI is InChI=1S/C27H22FN3O4/c28-23-18-19(11-12-24(23)29-13-15-35-16-14-29)17-22-25(32)30(20-7-3-1-4-8-20)27(34)31(26(22)33)21-9-5-2-6-10-21/h1-12,17-18H,13-16H2. The first kappa shape index (κ1) is 22.5. The van der Waals surface area contributed by atoms with Crippen molar-refractivity contribution in [3.63, 3.8) is 0 Å². The molecule has 0 unspecified atom stereocenters. The third-order valence-corrected chi connectivity index (χ3v) is 5.91. The molecule has 5 rings (SSSR count). The van der Waals surface area contributed by atoms with E-state index in [-0.39, 0.29) is 5.57 Å². The third kappa shape index (κ3) is 4.31. The Balaban J connectivity index is 1.56. The normalized spacial score (nSPS) is 16.7. The van der Waals surface area contributed by atoms with E-state index < -0.39 is 23.7 Å². The van der Waals surface area contributed by atoms with Gasteiger partial charge in [-0.15, -0.1) is 0 Å². The Hall–Kier alpha value is -4.30. The van der Waals surface area contributed by atoms with Crippen LogP contribution in [0.2, 0.25) is 0 Å². The predicted molar refractivity (Wildman–Crippen MR) is 131 cm³/mol. The first-order chi connectivity index (χ1) is 17.0. The molecule has 3 aromatic carbocycles. The minimum absolute atomic E-state index is 0.240. The lowest BCUT2D eigenvalue weighted by molar-refractivity contribution is -0.121. The number of para-hydroxylation sites is 2. The molecular weight excluding hydrogens is 449 g/mol. The minimum atomic E-state index is -0.775. The number of rotatable bonds is 4. The summed E-state index contributed by atoms with van der Waals surface area (Å²) in [5.74, 6) is -2.00. The molecule has 0 N–H and O–H groups in total. The number of morpholine rings is 1. The van der Waals surface area contributed by atoms with Gasteiger partial charge in [-0.1, -0.05) is 42.5 Å². The van der Waals surface area contributed by atoms with Gasteiger partial charge in [-0.3, -0.25) is 9.59 Å². The Labute approximate surface area is 201 Å². The van der Waals surface area contributed by atoms with Crippen LogP contribution in [-0.4, -0.2) is 44.1 Å². The number of hydrogen-bond acceptors (Lipinski definition) is 5. The summed E-state index contributed by atoms with van der Waals surface area (Å²) < 4.78 is 20.3. The van der Waals surface area contributed by atoms with Gasteiger partial charge in [0.25, 0.3) is 11.8 Å². The Morgan fingerprint density at radius 1 is 0.743 bits per heavy atom. The molecular formula is C27H22FN3O4. The molecule has 0 radical (unpaired) electrons. The highest BCUT2D eigenvalue weighted by Crippen LogP contribution is 2.30. The van der Waals surface area contributed by atoms with Crippen molar-refractivity contribution in [3.05, 3.63) is 95.8 Å². The fourth-order valence-electron chi connectivity index (χ4n) is 4.18. The van der Waals surface area contributed by atoms with Crippen molar-refractivity contribution in [2.24, 2.45) is 0 Å². The zero-order valence-electron chi connectivity index (χ0n) is 18.8. The highest BCUT2D eigenvalue weighted by molar-refractivity contribution is 6.46. The van der Waals surface area contributed by atoms with E-state index in [0.717, 1.165) is 9.80 Å². The topological polar surface area (TPSA) is 70.2 Å². The molecule has 4 amide bonds. The van der Waals surface area contributed by atoms with E-state index in [1.165, 1.54) is 12.1 Å². The van der Waals surface area contributed by atoms with Gasteiger partial charge in [-0.05, 0) is 48.0 Å². The van der Waals surface area contributed by atoms with E-state index >= 15 is 0 Å². The molecule has 0 atom stereocenters. The molecule has 2 saturated heterocycles. The van der Waals surface area contributed by atoms with Crippen LogP contribution in [0.15, 0.2) is 84.4 Å². The van der Waals surface area contributed by atoms with Gasteiger partial charge in [0.15, 0.2) is 0 Å². The monoisotopic (exact) mass is 471 g/mol. The summed E-state index contributed by atoms with van der Waals surface area (Å²) in [5, 5.41) is 0. The van der Waals surface area contributed by atoms with E-state index in [4.69, 9.17) is 4.74 Å². The van der Waals surface area contributed by atoms with Crippen LogP contribution in [0.3, 0.4) is 0 Å². The van der Waals surface area contributed by atoms with Crippen LogP contribution >= 0.6 is 0 Å². The molecule has 0 bridgehead atoms. The summed E-state index contributed by atoms with van der Waals surface area (Å²) in [6.07, 6.45) is 1.33. The van der Waals surface area contributed by atoms with Crippen LogP contribution in [0.5, 0.6) is 0 Å². The number of carbonyl (C=O) groups is 3. The van der Waals surface area contributed by atoms with Crippen molar-refractivity contribution in [3.8, 4) is 0 Å². The molecule has 0 spiro atoms. The second-order valence-electron chi connectivity index (χ2n) is 8.10. The van der Waals surface area contributed by atoms with Gasteiger partial charge >= 0.3 is 6.03 Å². The van der Waals surface area contributed by atoms with Crippen molar-refractivity contribution >= 4 is 41.0 Å².